The molecule has 3 N–H and O–H groups in total. The van der Waals surface area contributed by atoms with E-state index in [4.69, 9.17) is 5.73 Å². The molecule has 0 radical (unpaired) electrons. The number of carbonyl (C=O) groups excluding carboxylic acids is 2. The van der Waals surface area contributed by atoms with Crippen LogP contribution in [-0.4, -0.2) is 25.3 Å². The van der Waals surface area contributed by atoms with Crippen LogP contribution in [0.5, 0.6) is 0 Å². The summed E-state index contributed by atoms with van der Waals surface area (Å²) in [7, 11) is 1.34. The van der Waals surface area contributed by atoms with E-state index in [1.54, 1.807) is 12.1 Å². The third-order valence-corrected chi connectivity index (χ3v) is 2.96. The molecule has 2 aromatic carbocycles. The SMILES string of the molecule is COC(=O)c1ccc(-c2ccccc2C=NNC(N)=O)cc1. The number of rotatable bonds is 4. The van der Waals surface area contributed by atoms with Crippen LogP contribution in [0.25, 0.3) is 11.1 Å². The van der Waals surface area contributed by atoms with Crippen molar-refractivity contribution in [2.75, 3.05) is 7.11 Å². The van der Waals surface area contributed by atoms with Gasteiger partial charge in [-0.3, -0.25) is 0 Å². The first-order valence-electron chi connectivity index (χ1n) is 6.48. The number of methoxy groups -OCH3 is 1. The third kappa shape index (κ3) is 3.69. The molecule has 0 aliphatic carbocycles. The largest absolute Gasteiger partial charge is 0.465 e. The van der Waals surface area contributed by atoms with Gasteiger partial charge < -0.3 is 10.5 Å². The molecule has 0 aliphatic heterocycles. The number of benzene rings is 2. The first-order valence-corrected chi connectivity index (χ1v) is 6.48. The number of amides is 2. The zero-order valence-electron chi connectivity index (χ0n) is 11.9. The number of hydrogen-bond acceptors (Lipinski definition) is 4. The minimum absolute atomic E-state index is 0.382. The van der Waals surface area contributed by atoms with E-state index >= 15 is 0 Å². The van der Waals surface area contributed by atoms with Gasteiger partial charge in [0.2, 0.25) is 0 Å². The molecular formula is C16H15N3O3. The number of ether oxygens (including phenoxy) is 1. The molecule has 0 unspecified atom stereocenters. The Morgan fingerprint density at radius 2 is 1.82 bits per heavy atom. The number of carbonyl (C=O) groups is 2. The summed E-state index contributed by atoms with van der Waals surface area (Å²) in [4.78, 5) is 22.1. The highest BCUT2D eigenvalue weighted by atomic mass is 16.5. The molecule has 6 heteroatoms. The Morgan fingerprint density at radius 1 is 1.14 bits per heavy atom. The molecule has 0 saturated carbocycles. The lowest BCUT2D eigenvalue weighted by Gasteiger charge is -2.07. The lowest BCUT2D eigenvalue weighted by molar-refractivity contribution is 0.0600. The molecule has 0 bridgehead atoms. The topological polar surface area (TPSA) is 93.8 Å². The molecule has 2 rings (SSSR count). The first kappa shape index (κ1) is 15.2. The van der Waals surface area contributed by atoms with Crippen molar-refractivity contribution in [1.29, 1.82) is 0 Å². The summed E-state index contributed by atoms with van der Waals surface area (Å²) in [5.41, 5.74) is 10.2. The van der Waals surface area contributed by atoms with Crippen LogP contribution >= 0.6 is 0 Å². The first-order chi connectivity index (χ1) is 10.6. The van der Waals surface area contributed by atoms with E-state index in [-0.39, 0.29) is 5.97 Å². The molecular weight excluding hydrogens is 282 g/mol. The maximum atomic E-state index is 11.4. The Kier molecular flexibility index (Phi) is 4.87. The van der Waals surface area contributed by atoms with E-state index in [2.05, 4.69) is 15.3 Å². The fourth-order valence-corrected chi connectivity index (χ4v) is 1.94. The maximum absolute atomic E-state index is 11.4. The van der Waals surface area contributed by atoms with E-state index in [0.717, 1.165) is 16.7 Å². The highest BCUT2D eigenvalue weighted by Gasteiger charge is 2.07. The summed E-state index contributed by atoms with van der Waals surface area (Å²) in [5.74, 6) is -0.382. The van der Waals surface area contributed by atoms with E-state index < -0.39 is 6.03 Å². The minimum atomic E-state index is -0.726. The van der Waals surface area contributed by atoms with Crippen molar-refractivity contribution in [1.82, 2.24) is 5.43 Å². The quantitative estimate of drug-likeness (QED) is 0.514. The molecule has 112 valence electrons. The van der Waals surface area contributed by atoms with Crippen molar-refractivity contribution >= 4 is 18.2 Å². The van der Waals surface area contributed by atoms with Gasteiger partial charge in [0.1, 0.15) is 0 Å². The average molecular weight is 297 g/mol. The van der Waals surface area contributed by atoms with Crippen LogP contribution in [0.4, 0.5) is 4.79 Å². The summed E-state index contributed by atoms with van der Waals surface area (Å²) in [6.45, 7) is 0. The molecule has 0 spiro atoms. The average Bonchev–Trinajstić information content (AvgIpc) is 2.54. The highest BCUT2D eigenvalue weighted by Crippen LogP contribution is 2.23. The predicted molar refractivity (Wildman–Crippen MR) is 83.5 cm³/mol. The minimum Gasteiger partial charge on any atom is -0.465 e. The number of urea groups is 1. The lowest BCUT2D eigenvalue weighted by Crippen LogP contribution is -2.24. The molecule has 0 aromatic heterocycles. The lowest BCUT2D eigenvalue weighted by atomic mass is 9.99. The molecule has 0 fully saturated rings. The van der Waals surface area contributed by atoms with Gasteiger partial charge >= 0.3 is 12.0 Å². The molecule has 2 amide bonds. The Morgan fingerprint density at radius 3 is 2.45 bits per heavy atom. The van der Waals surface area contributed by atoms with Gasteiger partial charge in [-0.05, 0) is 23.3 Å². The van der Waals surface area contributed by atoms with Crippen molar-refractivity contribution < 1.29 is 14.3 Å². The van der Waals surface area contributed by atoms with Gasteiger partial charge in [0.25, 0.3) is 0 Å². The summed E-state index contributed by atoms with van der Waals surface area (Å²) < 4.78 is 4.67. The molecule has 22 heavy (non-hydrogen) atoms. The molecule has 6 nitrogen and oxygen atoms in total. The smallest absolute Gasteiger partial charge is 0.337 e. The van der Waals surface area contributed by atoms with Gasteiger partial charge in [0.15, 0.2) is 0 Å². The number of nitrogens with two attached hydrogens (primary N) is 1. The van der Waals surface area contributed by atoms with Gasteiger partial charge in [-0.25, -0.2) is 15.0 Å². The second-order valence-corrected chi connectivity index (χ2v) is 4.39. The molecule has 0 atom stereocenters. The zero-order chi connectivity index (χ0) is 15.9. The molecule has 2 aromatic rings. The Labute approximate surface area is 127 Å². The van der Waals surface area contributed by atoms with Gasteiger partial charge in [-0.1, -0.05) is 36.4 Å². The fourth-order valence-electron chi connectivity index (χ4n) is 1.94. The molecule has 0 aliphatic rings. The van der Waals surface area contributed by atoms with Crippen molar-refractivity contribution in [2.45, 2.75) is 0 Å². The number of hydrazone groups is 1. The molecule has 0 saturated heterocycles. The van der Waals surface area contributed by atoms with Crippen molar-refractivity contribution in [2.24, 2.45) is 10.8 Å². The highest BCUT2D eigenvalue weighted by molar-refractivity contribution is 5.93. The van der Waals surface area contributed by atoms with Crippen molar-refractivity contribution in [3.05, 3.63) is 59.7 Å². The number of nitrogens with one attached hydrogen (secondary N) is 1. The second-order valence-electron chi connectivity index (χ2n) is 4.39. The second kappa shape index (κ2) is 7.03. The van der Waals surface area contributed by atoms with Crippen molar-refractivity contribution in [3.63, 3.8) is 0 Å². The number of hydrogen-bond donors (Lipinski definition) is 2. The Bertz CT molecular complexity index is 709. The predicted octanol–water partition coefficient (Wildman–Crippen LogP) is 2.14. The standard InChI is InChI=1S/C16H15N3O3/c1-22-15(20)12-8-6-11(7-9-12)14-5-3-2-4-13(14)10-18-19-16(17)21/h2-10H,1H3,(H3,17,19,21). The maximum Gasteiger partial charge on any atom is 0.337 e. The van der Waals surface area contributed by atoms with Gasteiger partial charge in [-0.15, -0.1) is 0 Å². The van der Waals surface area contributed by atoms with Crippen LogP contribution in [0.15, 0.2) is 53.6 Å². The van der Waals surface area contributed by atoms with Crippen LogP contribution < -0.4 is 11.2 Å². The summed E-state index contributed by atoms with van der Waals surface area (Å²) in [6.07, 6.45) is 1.51. The Balaban J connectivity index is 2.30. The van der Waals surface area contributed by atoms with E-state index in [1.807, 2.05) is 36.4 Å². The fraction of sp³-hybridized carbons (Fsp3) is 0.0625. The van der Waals surface area contributed by atoms with E-state index in [1.165, 1.54) is 13.3 Å². The van der Waals surface area contributed by atoms with E-state index in [9.17, 15) is 9.59 Å². The Hall–Kier alpha value is -3.15. The van der Waals surface area contributed by atoms with E-state index in [0.29, 0.717) is 5.56 Å². The summed E-state index contributed by atoms with van der Waals surface area (Å²) in [6, 6.07) is 13.8. The van der Waals surface area contributed by atoms with Crippen molar-refractivity contribution in [3.8, 4) is 11.1 Å². The van der Waals surface area contributed by atoms with Crippen LogP contribution in [-0.2, 0) is 4.74 Å². The zero-order valence-corrected chi connectivity index (χ0v) is 11.9. The monoisotopic (exact) mass is 297 g/mol. The summed E-state index contributed by atoms with van der Waals surface area (Å²) >= 11 is 0. The normalized spacial score (nSPS) is 10.4. The summed E-state index contributed by atoms with van der Waals surface area (Å²) in [5, 5.41) is 3.76. The number of nitrogens with zero attached hydrogens (tertiary/aromatic N) is 1. The third-order valence-electron chi connectivity index (χ3n) is 2.96. The van der Waals surface area contributed by atoms with Gasteiger partial charge in [0, 0.05) is 5.56 Å². The van der Waals surface area contributed by atoms with Crippen LogP contribution in [0.1, 0.15) is 15.9 Å². The molecule has 0 heterocycles. The van der Waals surface area contributed by atoms with Gasteiger partial charge in [-0.2, -0.15) is 5.10 Å². The van der Waals surface area contributed by atoms with Gasteiger partial charge in [0.05, 0.1) is 18.9 Å². The van der Waals surface area contributed by atoms with Crippen LogP contribution in [0.2, 0.25) is 0 Å². The number of esters is 1. The number of primary amides is 1. The van der Waals surface area contributed by atoms with Crippen LogP contribution in [0, 0.1) is 0 Å². The van der Waals surface area contributed by atoms with Crippen LogP contribution in [0.3, 0.4) is 0 Å².